The van der Waals surface area contributed by atoms with Crippen LogP contribution in [0.15, 0.2) is 6.20 Å². The van der Waals surface area contributed by atoms with Crippen LogP contribution in [0, 0.1) is 0 Å². The summed E-state index contributed by atoms with van der Waals surface area (Å²) in [7, 11) is 1.77. The van der Waals surface area contributed by atoms with Crippen LogP contribution in [-0.4, -0.2) is 38.7 Å². The van der Waals surface area contributed by atoms with Gasteiger partial charge in [-0.25, -0.2) is 0 Å². The van der Waals surface area contributed by atoms with E-state index in [2.05, 4.69) is 25.7 Å². The number of nitrogens with two attached hydrogens (primary N) is 1. The SMILES string of the molecule is CCCNC(=O)CNc1nc(N)c2cnn(C)c2n1. The molecule has 2 aromatic heterocycles. The Labute approximate surface area is 110 Å². The van der Waals surface area contributed by atoms with Crippen LogP contribution >= 0.6 is 0 Å². The molecule has 8 nitrogen and oxygen atoms in total. The zero-order valence-electron chi connectivity index (χ0n) is 11.0. The van der Waals surface area contributed by atoms with E-state index < -0.39 is 0 Å². The fourth-order valence-electron chi connectivity index (χ4n) is 1.61. The van der Waals surface area contributed by atoms with Crippen molar-refractivity contribution in [1.29, 1.82) is 0 Å². The maximum Gasteiger partial charge on any atom is 0.239 e. The topological polar surface area (TPSA) is 111 Å². The third-order valence-corrected chi connectivity index (χ3v) is 2.60. The molecule has 0 saturated carbocycles. The van der Waals surface area contributed by atoms with Gasteiger partial charge in [-0.3, -0.25) is 9.48 Å². The predicted molar refractivity (Wildman–Crippen MR) is 72.5 cm³/mol. The summed E-state index contributed by atoms with van der Waals surface area (Å²) < 4.78 is 1.61. The fourth-order valence-corrected chi connectivity index (χ4v) is 1.61. The Morgan fingerprint density at radius 1 is 1.47 bits per heavy atom. The van der Waals surface area contributed by atoms with E-state index in [0.717, 1.165) is 6.42 Å². The second-order valence-electron chi connectivity index (χ2n) is 4.14. The fraction of sp³-hybridized carbons (Fsp3) is 0.455. The zero-order valence-corrected chi connectivity index (χ0v) is 11.0. The van der Waals surface area contributed by atoms with Crippen LogP contribution in [0.3, 0.4) is 0 Å². The maximum atomic E-state index is 11.5. The molecule has 0 aromatic carbocycles. The average Bonchev–Trinajstić information content (AvgIpc) is 2.76. The predicted octanol–water partition coefficient (Wildman–Crippen LogP) is -0.116. The van der Waals surface area contributed by atoms with Crippen LogP contribution in [0.25, 0.3) is 11.0 Å². The molecular weight excluding hydrogens is 246 g/mol. The molecule has 102 valence electrons. The molecule has 19 heavy (non-hydrogen) atoms. The third-order valence-electron chi connectivity index (χ3n) is 2.60. The van der Waals surface area contributed by atoms with Gasteiger partial charge >= 0.3 is 0 Å². The monoisotopic (exact) mass is 263 g/mol. The molecule has 0 fully saturated rings. The van der Waals surface area contributed by atoms with Crippen LogP contribution in [0.1, 0.15) is 13.3 Å². The Balaban J connectivity index is 2.08. The maximum absolute atomic E-state index is 11.5. The van der Waals surface area contributed by atoms with Crippen molar-refractivity contribution in [3.05, 3.63) is 6.20 Å². The van der Waals surface area contributed by atoms with Gasteiger partial charge in [0.05, 0.1) is 18.1 Å². The first-order chi connectivity index (χ1) is 9.11. The van der Waals surface area contributed by atoms with Gasteiger partial charge in [-0.2, -0.15) is 15.1 Å². The Morgan fingerprint density at radius 3 is 3.00 bits per heavy atom. The number of nitrogens with one attached hydrogen (secondary N) is 2. The zero-order chi connectivity index (χ0) is 13.8. The smallest absolute Gasteiger partial charge is 0.239 e. The summed E-state index contributed by atoms with van der Waals surface area (Å²) in [6, 6.07) is 0. The Kier molecular flexibility index (Phi) is 3.79. The lowest BCUT2D eigenvalue weighted by Gasteiger charge is -2.06. The van der Waals surface area contributed by atoms with E-state index >= 15 is 0 Å². The van der Waals surface area contributed by atoms with Crippen molar-refractivity contribution in [3.8, 4) is 0 Å². The normalized spacial score (nSPS) is 10.6. The Morgan fingerprint density at radius 2 is 2.26 bits per heavy atom. The van der Waals surface area contributed by atoms with Gasteiger partial charge in [0.15, 0.2) is 5.65 Å². The molecule has 0 saturated heterocycles. The van der Waals surface area contributed by atoms with Crippen molar-refractivity contribution in [1.82, 2.24) is 25.1 Å². The quantitative estimate of drug-likeness (QED) is 0.693. The van der Waals surface area contributed by atoms with E-state index in [1.165, 1.54) is 0 Å². The lowest BCUT2D eigenvalue weighted by Crippen LogP contribution is -2.30. The van der Waals surface area contributed by atoms with E-state index in [1.54, 1.807) is 17.9 Å². The summed E-state index contributed by atoms with van der Waals surface area (Å²) in [5.74, 6) is 0.559. The molecule has 0 unspecified atom stereocenters. The van der Waals surface area contributed by atoms with Gasteiger partial charge in [0.25, 0.3) is 0 Å². The van der Waals surface area contributed by atoms with Crippen molar-refractivity contribution in [3.63, 3.8) is 0 Å². The lowest BCUT2D eigenvalue weighted by molar-refractivity contribution is -0.119. The first-order valence-electron chi connectivity index (χ1n) is 6.07. The summed E-state index contributed by atoms with van der Waals surface area (Å²) in [5, 5.41) is 10.4. The summed E-state index contributed by atoms with van der Waals surface area (Å²) >= 11 is 0. The van der Waals surface area contributed by atoms with Crippen LogP contribution in [0.2, 0.25) is 0 Å². The minimum atomic E-state index is -0.103. The van der Waals surface area contributed by atoms with Crippen LogP contribution < -0.4 is 16.4 Å². The van der Waals surface area contributed by atoms with Crippen LogP contribution in [-0.2, 0) is 11.8 Å². The van der Waals surface area contributed by atoms with Crippen molar-refractivity contribution in [2.24, 2.45) is 7.05 Å². The first-order valence-corrected chi connectivity index (χ1v) is 6.07. The van der Waals surface area contributed by atoms with Crippen molar-refractivity contribution >= 4 is 28.7 Å². The third kappa shape index (κ3) is 2.90. The molecule has 0 aliphatic rings. The molecule has 8 heteroatoms. The summed E-state index contributed by atoms with van der Waals surface area (Å²) in [6.07, 6.45) is 2.51. The lowest BCUT2D eigenvalue weighted by atomic mass is 10.4. The van der Waals surface area contributed by atoms with Gasteiger partial charge in [-0.05, 0) is 6.42 Å². The molecule has 0 atom stereocenters. The molecule has 4 N–H and O–H groups in total. The van der Waals surface area contributed by atoms with Gasteiger partial charge in [-0.1, -0.05) is 6.92 Å². The van der Waals surface area contributed by atoms with E-state index in [9.17, 15) is 4.79 Å². The number of carbonyl (C=O) groups excluding carboxylic acids is 1. The summed E-state index contributed by atoms with van der Waals surface area (Å²) in [4.78, 5) is 19.8. The van der Waals surface area contributed by atoms with Crippen molar-refractivity contribution in [2.75, 3.05) is 24.1 Å². The standard InChI is InChI=1S/C11H17N7O/c1-3-4-13-8(19)6-14-11-16-9(12)7-5-15-18(2)10(7)17-11/h5H,3-4,6H2,1-2H3,(H,13,19)(H3,12,14,16,17). The van der Waals surface area contributed by atoms with Gasteiger partial charge < -0.3 is 16.4 Å². The van der Waals surface area contributed by atoms with Gasteiger partial charge in [0, 0.05) is 13.6 Å². The summed E-state index contributed by atoms with van der Waals surface area (Å²) in [6.45, 7) is 2.76. The van der Waals surface area contributed by atoms with Crippen LogP contribution in [0.5, 0.6) is 0 Å². The molecule has 0 spiro atoms. The van der Waals surface area contributed by atoms with Gasteiger partial charge in [0.1, 0.15) is 5.82 Å². The number of rotatable bonds is 5. The summed E-state index contributed by atoms with van der Waals surface area (Å²) in [5.41, 5.74) is 6.44. The van der Waals surface area contributed by atoms with Gasteiger partial charge in [-0.15, -0.1) is 0 Å². The number of amides is 1. The molecule has 0 aliphatic carbocycles. The number of aromatic nitrogens is 4. The number of hydrogen-bond acceptors (Lipinski definition) is 6. The highest BCUT2D eigenvalue weighted by atomic mass is 16.1. The molecule has 0 aliphatic heterocycles. The van der Waals surface area contributed by atoms with E-state index in [-0.39, 0.29) is 12.5 Å². The van der Waals surface area contributed by atoms with E-state index in [4.69, 9.17) is 5.73 Å². The minimum Gasteiger partial charge on any atom is -0.383 e. The number of fused-ring (bicyclic) bond motifs is 1. The first kappa shape index (κ1) is 13.1. The van der Waals surface area contributed by atoms with E-state index in [1.807, 2.05) is 6.92 Å². The van der Waals surface area contributed by atoms with Crippen molar-refractivity contribution < 1.29 is 4.79 Å². The number of hydrogen-bond donors (Lipinski definition) is 3. The highest BCUT2D eigenvalue weighted by Gasteiger charge is 2.09. The Hall–Kier alpha value is -2.38. The molecule has 0 bridgehead atoms. The molecule has 1 amide bonds. The molecule has 0 radical (unpaired) electrons. The number of carbonyl (C=O) groups is 1. The average molecular weight is 263 g/mol. The number of aryl methyl sites for hydroxylation is 1. The minimum absolute atomic E-state index is 0.103. The number of nitrogen functional groups attached to an aromatic ring is 1. The molecular formula is C11H17N7O. The molecule has 2 heterocycles. The highest BCUT2D eigenvalue weighted by Crippen LogP contribution is 2.17. The Bertz CT molecular complexity index is 592. The molecule has 2 rings (SSSR count). The number of nitrogens with zero attached hydrogens (tertiary/aromatic N) is 4. The number of anilines is 2. The van der Waals surface area contributed by atoms with Crippen molar-refractivity contribution in [2.45, 2.75) is 13.3 Å². The second-order valence-corrected chi connectivity index (χ2v) is 4.14. The van der Waals surface area contributed by atoms with E-state index in [0.29, 0.717) is 29.3 Å². The highest BCUT2D eigenvalue weighted by molar-refractivity contribution is 5.86. The molecule has 2 aromatic rings. The van der Waals surface area contributed by atoms with Gasteiger partial charge in [0.2, 0.25) is 11.9 Å². The largest absolute Gasteiger partial charge is 0.383 e. The van der Waals surface area contributed by atoms with Crippen LogP contribution in [0.4, 0.5) is 11.8 Å². The second kappa shape index (κ2) is 5.51.